The molecule has 36 heavy (non-hydrogen) atoms. The van der Waals surface area contributed by atoms with Gasteiger partial charge in [-0.1, -0.05) is 59.1 Å². The number of nitrogens with zero attached hydrogens (tertiary/aromatic N) is 3. The molecule has 0 amide bonds. The summed E-state index contributed by atoms with van der Waals surface area (Å²) < 4.78 is 8.06. The van der Waals surface area contributed by atoms with Crippen molar-refractivity contribution in [2.45, 2.75) is 43.9 Å². The minimum absolute atomic E-state index is 0.0514. The summed E-state index contributed by atoms with van der Waals surface area (Å²) >= 11 is 19.7. The maximum Gasteiger partial charge on any atom is 0.255 e. The highest BCUT2D eigenvalue weighted by atomic mass is 35.5. The third-order valence-corrected chi connectivity index (χ3v) is 8.44. The Balaban J connectivity index is 1.57. The monoisotopic (exact) mass is 539 g/mol. The van der Waals surface area contributed by atoms with Crippen molar-refractivity contribution in [2.24, 2.45) is 0 Å². The molecule has 0 N–H and O–H groups in total. The second-order valence-electron chi connectivity index (χ2n) is 9.56. The number of para-hydroxylation sites is 1. The molecule has 0 saturated carbocycles. The fourth-order valence-electron chi connectivity index (χ4n) is 5.70. The highest BCUT2D eigenvalue weighted by Gasteiger charge is 2.39. The lowest BCUT2D eigenvalue weighted by Crippen LogP contribution is -2.43. The smallest absolute Gasteiger partial charge is 0.255 e. The van der Waals surface area contributed by atoms with Crippen LogP contribution < -0.4 is 10.3 Å². The Morgan fingerprint density at radius 1 is 0.889 bits per heavy atom. The molecule has 2 aromatic carbocycles. The molecule has 0 aliphatic carbocycles. The molecule has 184 valence electrons. The number of pyridine rings is 2. The fourth-order valence-corrected chi connectivity index (χ4v) is 6.49. The van der Waals surface area contributed by atoms with Gasteiger partial charge in [-0.3, -0.25) is 9.36 Å². The lowest BCUT2D eigenvalue weighted by Gasteiger charge is -2.36. The van der Waals surface area contributed by atoms with E-state index in [4.69, 9.17) is 44.5 Å². The average molecular weight is 541 g/mol. The fraction of sp³-hybridized carbons (Fsp3) is 0.286. The van der Waals surface area contributed by atoms with Crippen LogP contribution in [0.3, 0.4) is 0 Å². The van der Waals surface area contributed by atoms with E-state index in [0.717, 1.165) is 23.8 Å². The number of hydrogen-bond donors (Lipinski definition) is 0. The molecule has 2 fully saturated rings. The van der Waals surface area contributed by atoms with Crippen molar-refractivity contribution in [3.8, 4) is 22.8 Å². The first-order valence-corrected chi connectivity index (χ1v) is 13.2. The van der Waals surface area contributed by atoms with Crippen LogP contribution in [0.5, 0.6) is 5.88 Å². The van der Waals surface area contributed by atoms with Gasteiger partial charge in [-0.15, -0.1) is 0 Å². The molecule has 2 aliphatic rings. The van der Waals surface area contributed by atoms with E-state index in [9.17, 15) is 4.79 Å². The Labute approximate surface area is 224 Å². The summed E-state index contributed by atoms with van der Waals surface area (Å²) in [4.78, 5) is 20.6. The quantitative estimate of drug-likeness (QED) is 0.279. The van der Waals surface area contributed by atoms with Crippen LogP contribution in [-0.2, 0) is 0 Å². The van der Waals surface area contributed by atoms with Gasteiger partial charge >= 0.3 is 0 Å². The van der Waals surface area contributed by atoms with Gasteiger partial charge in [-0.25, -0.2) is 4.98 Å². The van der Waals surface area contributed by atoms with E-state index in [2.05, 4.69) is 11.9 Å². The molecule has 5 nitrogen and oxygen atoms in total. The van der Waals surface area contributed by atoms with Crippen molar-refractivity contribution >= 4 is 45.7 Å². The SMILES string of the molecule is CN1C2CCC1CC(Oc1cc3c(ccc(=O)n3-c3c(Cl)cccc3Cl)c(-c3ccccc3Cl)n1)C2. The zero-order chi connectivity index (χ0) is 25.0. The highest BCUT2D eigenvalue weighted by molar-refractivity contribution is 6.38. The molecular weight excluding hydrogens is 517 g/mol. The zero-order valence-corrected chi connectivity index (χ0v) is 21.9. The molecule has 2 atom stereocenters. The third-order valence-electron chi connectivity index (χ3n) is 7.50. The highest BCUT2D eigenvalue weighted by Crippen LogP contribution is 2.39. The summed E-state index contributed by atoms with van der Waals surface area (Å²) in [6.45, 7) is 0. The largest absolute Gasteiger partial charge is 0.474 e. The van der Waals surface area contributed by atoms with Crippen molar-refractivity contribution in [3.63, 3.8) is 0 Å². The molecule has 4 aromatic rings. The van der Waals surface area contributed by atoms with Crippen molar-refractivity contribution in [2.75, 3.05) is 7.05 Å². The number of aromatic nitrogens is 2. The van der Waals surface area contributed by atoms with Crippen LogP contribution in [-0.4, -0.2) is 39.7 Å². The minimum atomic E-state index is -0.253. The van der Waals surface area contributed by atoms with Gasteiger partial charge in [0.15, 0.2) is 0 Å². The maximum atomic E-state index is 13.2. The Morgan fingerprint density at radius 3 is 2.25 bits per heavy atom. The third kappa shape index (κ3) is 4.08. The number of rotatable bonds is 4. The first-order valence-electron chi connectivity index (χ1n) is 12.1. The van der Waals surface area contributed by atoms with Gasteiger partial charge < -0.3 is 9.64 Å². The van der Waals surface area contributed by atoms with E-state index in [-0.39, 0.29) is 11.7 Å². The van der Waals surface area contributed by atoms with E-state index in [1.54, 1.807) is 24.3 Å². The molecule has 2 unspecified atom stereocenters. The average Bonchev–Trinajstić information content (AvgIpc) is 3.05. The van der Waals surface area contributed by atoms with Gasteiger partial charge in [0, 0.05) is 40.2 Å². The predicted molar refractivity (Wildman–Crippen MR) is 146 cm³/mol. The number of hydrogen-bond acceptors (Lipinski definition) is 4. The van der Waals surface area contributed by atoms with Crippen LogP contribution in [0.15, 0.2) is 65.5 Å². The molecule has 2 bridgehead atoms. The molecule has 8 heteroatoms. The van der Waals surface area contributed by atoms with Gasteiger partial charge in [0.2, 0.25) is 5.88 Å². The predicted octanol–water partition coefficient (Wildman–Crippen LogP) is 7.02. The van der Waals surface area contributed by atoms with Gasteiger partial charge in [0.1, 0.15) is 6.10 Å². The van der Waals surface area contributed by atoms with E-state index in [1.807, 2.05) is 30.3 Å². The summed E-state index contributed by atoms with van der Waals surface area (Å²) in [5, 5.41) is 2.06. The lowest BCUT2D eigenvalue weighted by atomic mass is 10.0. The van der Waals surface area contributed by atoms with Gasteiger partial charge in [0.05, 0.1) is 26.9 Å². The molecule has 4 heterocycles. The van der Waals surface area contributed by atoms with Gasteiger partial charge in [-0.2, -0.15) is 0 Å². The van der Waals surface area contributed by atoms with Crippen LogP contribution in [0, 0.1) is 0 Å². The molecular formula is C28H24Cl3N3O2. The van der Waals surface area contributed by atoms with E-state index < -0.39 is 0 Å². The van der Waals surface area contributed by atoms with Crippen molar-refractivity contribution in [1.82, 2.24) is 14.5 Å². The van der Waals surface area contributed by atoms with Crippen LogP contribution >= 0.6 is 34.8 Å². The first kappa shape index (κ1) is 23.8. The van der Waals surface area contributed by atoms with E-state index in [0.29, 0.717) is 49.9 Å². The van der Waals surface area contributed by atoms with Crippen LogP contribution in [0.1, 0.15) is 25.7 Å². The Bertz CT molecular complexity index is 1500. The number of fused-ring (bicyclic) bond motifs is 3. The van der Waals surface area contributed by atoms with Crippen molar-refractivity contribution < 1.29 is 4.74 Å². The zero-order valence-electron chi connectivity index (χ0n) is 19.6. The molecule has 2 aromatic heterocycles. The van der Waals surface area contributed by atoms with Crippen LogP contribution in [0.25, 0.3) is 27.8 Å². The van der Waals surface area contributed by atoms with Crippen molar-refractivity contribution in [3.05, 3.63) is 86.1 Å². The molecule has 0 radical (unpaired) electrons. The number of piperidine rings is 1. The molecule has 6 rings (SSSR count). The normalized spacial score (nSPS) is 21.7. The summed E-state index contributed by atoms with van der Waals surface area (Å²) in [6.07, 6.45) is 4.34. The second kappa shape index (κ2) is 9.38. The topological polar surface area (TPSA) is 47.4 Å². The van der Waals surface area contributed by atoms with Gasteiger partial charge in [0.25, 0.3) is 5.56 Å². The maximum absolute atomic E-state index is 13.2. The van der Waals surface area contributed by atoms with Crippen molar-refractivity contribution in [1.29, 1.82) is 0 Å². The number of halogens is 3. The first-order chi connectivity index (χ1) is 17.4. The molecule has 2 saturated heterocycles. The minimum Gasteiger partial charge on any atom is -0.474 e. The Kier molecular flexibility index (Phi) is 6.21. The lowest BCUT2D eigenvalue weighted by molar-refractivity contribution is 0.0634. The van der Waals surface area contributed by atoms with E-state index >= 15 is 0 Å². The Morgan fingerprint density at radius 2 is 1.56 bits per heavy atom. The summed E-state index contributed by atoms with van der Waals surface area (Å²) in [6, 6.07) is 18.9. The standard InChI is InChI=1S/C28H24Cl3N3O2/c1-33-16-9-10-17(33)14-18(13-16)36-25-15-24-20(27(32-25)19-5-2-3-6-21(19)29)11-12-26(35)34(24)28-22(30)7-4-8-23(28)31/h2-8,11-12,15-18H,9-10,13-14H2,1H3. The number of ether oxygens (including phenoxy) is 1. The Hall–Kier alpha value is -2.57. The van der Waals surface area contributed by atoms with Gasteiger partial charge in [-0.05, 0) is 57.0 Å². The van der Waals surface area contributed by atoms with Crippen LogP contribution in [0.4, 0.5) is 0 Å². The summed E-state index contributed by atoms with van der Waals surface area (Å²) in [7, 11) is 2.20. The number of benzene rings is 2. The molecule has 0 spiro atoms. The summed E-state index contributed by atoms with van der Waals surface area (Å²) in [5.41, 5.74) is 2.18. The summed E-state index contributed by atoms with van der Waals surface area (Å²) in [5.74, 6) is 0.453. The van der Waals surface area contributed by atoms with Crippen LogP contribution in [0.2, 0.25) is 15.1 Å². The van der Waals surface area contributed by atoms with E-state index in [1.165, 1.54) is 23.5 Å². The second-order valence-corrected chi connectivity index (χ2v) is 10.8. The molecule has 2 aliphatic heterocycles.